The molecule has 1 aromatic carbocycles. The van der Waals surface area contributed by atoms with E-state index in [1.165, 1.54) is 29.6 Å². The van der Waals surface area contributed by atoms with Crippen LogP contribution in [0.3, 0.4) is 0 Å². The molecule has 0 N–H and O–H groups in total. The van der Waals surface area contributed by atoms with Crippen LogP contribution in [-0.4, -0.2) is 44.0 Å². The predicted octanol–water partition coefficient (Wildman–Crippen LogP) is 2.95. The number of amides is 2. The van der Waals surface area contributed by atoms with Crippen molar-refractivity contribution in [2.75, 3.05) is 11.4 Å². The molecule has 1 aliphatic carbocycles. The van der Waals surface area contributed by atoms with Crippen molar-refractivity contribution in [3.63, 3.8) is 0 Å². The van der Waals surface area contributed by atoms with Gasteiger partial charge in [-0.25, -0.2) is 9.37 Å². The maximum atomic E-state index is 13.7. The fourth-order valence-electron chi connectivity index (χ4n) is 4.31. The van der Waals surface area contributed by atoms with Crippen molar-refractivity contribution >= 4 is 29.2 Å². The van der Waals surface area contributed by atoms with Crippen LogP contribution in [0.15, 0.2) is 53.4 Å². The van der Waals surface area contributed by atoms with Gasteiger partial charge in [0.25, 0.3) is 5.91 Å². The van der Waals surface area contributed by atoms with Gasteiger partial charge in [-0.15, -0.1) is 10.2 Å². The second kappa shape index (κ2) is 7.42. The number of pyridine rings is 1. The maximum Gasteiger partial charge on any atom is 0.254 e. The molecule has 1 saturated carbocycles. The summed E-state index contributed by atoms with van der Waals surface area (Å²) in [7, 11) is 0. The molecule has 0 bridgehead atoms. The van der Waals surface area contributed by atoms with E-state index < -0.39 is 5.54 Å². The van der Waals surface area contributed by atoms with Crippen molar-refractivity contribution in [3.05, 3.63) is 71.3 Å². The van der Waals surface area contributed by atoms with E-state index in [0.29, 0.717) is 29.6 Å². The van der Waals surface area contributed by atoms with Crippen LogP contribution < -0.4 is 4.90 Å². The molecule has 2 amide bonds. The van der Waals surface area contributed by atoms with Gasteiger partial charge in [0.15, 0.2) is 0 Å². The number of aromatic nitrogens is 3. The number of rotatable bonds is 4. The number of halogens is 2. The van der Waals surface area contributed by atoms with Gasteiger partial charge in [0.05, 0.1) is 5.02 Å². The lowest BCUT2D eigenvalue weighted by Gasteiger charge is -2.56. The Morgan fingerprint density at radius 3 is 2.58 bits per heavy atom. The van der Waals surface area contributed by atoms with Gasteiger partial charge in [-0.3, -0.25) is 14.5 Å². The molecule has 1 aliphatic heterocycles. The van der Waals surface area contributed by atoms with Gasteiger partial charge >= 0.3 is 0 Å². The van der Waals surface area contributed by atoms with E-state index in [4.69, 9.17) is 16.0 Å². The van der Waals surface area contributed by atoms with E-state index in [9.17, 15) is 14.0 Å². The summed E-state index contributed by atoms with van der Waals surface area (Å²) in [5, 5.41) is 8.10. The summed E-state index contributed by atoms with van der Waals surface area (Å²) in [4.78, 5) is 34.1. The molecule has 2 fully saturated rings. The Hall–Kier alpha value is -3.33. The molecule has 1 spiro atoms. The highest BCUT2D eigenvalue weighted by molar-refractivity contribution is 6.30. The molecule has 5 rings (SSSR count). The number of hydrogen-bond acceptors (Lipinski definition) is 6. The first-order chi connectivity index (χ1) is 15.0. The third-order valence-electron chi connectivity index (χ3n) is 5.89. The quantitative estimate of drug-likeness (QED) is 0.618. The van der Waals surface area contributed by atoms with Crippen LogP contribution in [-0.2, 0) is 16.1 Å². The van der Waals surface area contributed by atoms with Gasteiger partial charge < -0.3 is 9.32 Å². The molecular weight excluding hydrogens is 425 g/mol. The molecule has 8 nitrogen and oxygen atoms in total. The fraction of sp³-hybridized carbons (Fsp3) is 0.286. The number of benzene rings is 1. The van der Waals surface area contributed by atoms with Crippen LogP contribution >= 0.6 is 11.6 Å². The number of carbonyl (C=O) groups excluding carboxylic acids is 2. The summed E-state index contributed by atoms with van der Waals surface area (Å²) in [5.74, 6) is -0.128. The molecule has 1 saturated heterocycles. The summed E-state index contributed by atoms with van der Waals surface area (Å²) in [6.45, 7) is 0.0604. The molecule has 0 radical (unpaired) electrons. The minimum atomic E-state index is -1.07. The zero-order valence-corrected chi connectivity index (χ0v) is 17.0. The Labute approximate surface area is 181 Å². The van der Waals surface area contributed by atoms with Crippen molar-refractivity contribution in [1.29, 1.82) is 0 Å². The van der Waals surface area contributed by atoms with Crippen molar-refractivity contribution < 1.29 is 18.4 Å². The summed E-state index contributed by atoms with van der Waals surface area (Å²) in [5.41, 5.74) is -0.328. The Bertz CT molecular complexity index is 1110. The fourth-order valence-corrected chi connectivity index (χ4v) is 4.42. The normalized spacial score (nSPS) is 23.4. The van der Waals surface area contributed by atoms with Gasteiger partial charge in [0.2, 0.25) is 18.2 Å². The molecule has 3 heterocycles. The molecular formula is C21H17ClFN5O3. The number of nitrogens with zero attached hydrogens (tertiary/aromatic N) is 5. The summed E-state index contributed by atoms with van der Waals surface area (Å²) < 4.78 is 18.6. The van der Waals surface area contributed by atoms with Crippen molar-refractivity contribution in [2.45, 2.75) is 30.8 Å². The third-order valence-corrected chi connectivity index (χ3v) is 6.11. The molecule has 10 heteroatoms. The Kier molecular flexibility index (Phi) is 4.70. The van der Waals surface area contributed by atoms with Gasteiger partial charge in [0, 0.05) is 18.7 Å². The number of hydrogen-bond donors (Lipinski definition) is 0. The highest BCUT2D eigenvalue weighted by atomic mass is 35.5. The van der Waals surface area contributed by atoms with Gasteiger partial charge in [-0.2, -0.15) is 0 Å². The summed E-state index contributed by atoms with van der Waals surface area (Å²) >= 11 is 5.92. The molecule has 0 unspecified atom stereocenters. The lowest BCUT2D eigenvalue weighted by Crippen LogP contribution is -2.72. The van der Waals surface area contributed by atoms with Gasteiger partial charge in [-0.1, -0.05) is 23.7 Å². The smallest absolute Gasteiger partial charge is 0.254 e. The maximum absolute atomic E-state index is 13.7. The molecule has 3 aromatic rings. The minimum absolute atomic E-state index is 0.131. The van der Waals surface area contributed by atoms with Crippen LogP contribution in [0.25, 0.3) is 0 Å². The highest BCUT2D eigenvalue weighted by Crippen LogP contribution is 2.51. The first kappa shape index (κ1) is 19.6. The Morgan fingerprint density at radius 2 is 1.94 bits per heavy atom. The monoisotopic (exact) mass is 441 g/mol. The van der Waals surface area contributed by atoms with Crippen LogP contribution in [0.2, 0.25) is 5.02 Å². The van der Waals surface area contributed by atoms with Crippen LogP contribution in [0, 0.1) is 5.82 Å². The second-order valence-corrected chi connectivity index (χ2v) is 8.18. The zero-order valence-electron chi connectivity index (χ0n) is 16.2. The average Bonchev–Trinajstić information content (AvgIpc) is 3.26. The lowest BCUT2D eigenvalue weighted by atomic mass is 9.65. The lowest BCUT2D eigenvalue weighted by molar-refractivity contribution is -0.160. The molecule has 2 aromatic heterocycles. The van der Waals surface area contributed by atoms with Crippen LogP contribution in [0.5, 0.6) is 0 Å². The average molecular weight is 442 g/mol. The summed E-state index contributed by atoms with van der Waals surface area (Å²) in [6, 6.07) is 9.14. The standard InChI is InChI=1S/C21H17ClFN5O3/c22-15-3-6-17(24-9-15)27-11-18(29)28(10-13-1-4-16(23)5-2-13)21(20(27)30)7-14(8-21)19-26-25-12-31-19/h1-6,9,12,14H,7-8,10-11H2/t14-,21-. The largest absolute Gasteiger partial charge is 0.428 e. The van der Waals surface area contributed by atoms with Crippen molar-refractivity contribution in [2.24, 2.45) is 0 Å². The molecule has 0 atom stereocenters. The first-order valence-corrected chi connectivity index (χ1v) is 10.1. The number of carbonyl (C=O) groups is 2. The number of piperazine rings is 1. The number of anilines is 1. The van der Waals surface area contributed by atoms with E-state index in [1.807, 2.05) is 0 Å². The Morgan fingerprint density at radius 1 is 1.16 bits per heavy atom. The van der Waals surface area contributed by atoms with Crippen LogP contribution in [0.1, 0.15) is 30.2 Å². The van der Waals surface area contributed by atoms with E-state index in [-0.39, 0.29) is 36.6 Å². The van der Waals surface area contributed by atoms with Crippen molar-refractivity contribution in [3.8, 4) is 0 Å². The summed E-state index contributed by atoms with van der Waals surface area (Å²) in [6.07, 6.45) is 3.39. The SMILES string of the molecule is O=C1CN(c2ccc(Cl)cn2)C(=O)[C@]2(C[C@@H](c3nnco3)C2)N1Cc1ccc(F)cc1. The second-order valence-electron chi connectivity index (χ2n) is 7.75. The predicted molar refractivity (Wildman–Crippen MR) is 108 cm³/mol. The third kappa shape index (κ3) is 3.34. The molecule has 31 heavy (non-hydrogen) atoms. The van der Waals surface area contributed by atoms with Crippen molar-refractivity contribution in [1.82, 2.24) is 20.1 Å². The zero-order chi connectivity index (χ0) is 21.6. The van der Waals surface area contributed by atoms with E-state index in [1.54, 1.807) is 29.2 Å². The minimum Gasteiger partial charge on any atom is -0.428 e. The van der Waals surface area contributed by atoms with E-state index in [0.717, 1.165) is 5.56 Å². The van der Waals surface area contributed by atoms with E-state index in [2.05, 4.69) is 15.2 Å². The van der Waals surface area contributed by atoms with Crippen LogP contribution in [0.4, 0.5) is 10.2 Å². The highest BCUT2D eigenvalue weighted by Gasteiger charge is 2.61. The van der Waals surface area contributed by atoms with E-state index >= 15 is 0 Å². The molecule has 158 valence electrons. The first-order valence-electron chi connectivity index (χ1n) is 9.71. The topological polar surface area (TPSA) is 92.4 Å². The molecule has 2 aliphatic rings. The van der Waals surface area contributed by atoms with Gasteiger partial charge in [-0.05, 0) is 42.7 Å². The van der Waals surface area contributed by atoms with Gasteiger partial charge in [0.1, 0.15) is 23.7 Å². The Balaban J connectivity index is 1.48.